The number of fused-ring (bicyclic) bond motifs is 1. The summed E-state index contributed by atoms with van der Waals surface area (Å²) in [7, 11) is 0. The fourth-order valence-electron chi connectivity index (χ4n) is 4.20. The van der Waals surface area contributed by atoms with Crippen molar-refractivity contribution in [3.63, 3.8) is 0 Å². The summed E-state index contributed by atoms with van der Waals surface area (Å²) in [4.78, 5) is 33.2. The first-order chi connectivity index (χ1) is 17.9. The van der Waals surface area contributed by atoms with Gasteiger partial charge in [-0.3, -0.25) is 9.36 Å². The lowest BCUT2D eigenvalue weighted by Crippen LogP contribution is -2.40. The molecule has 0 radical (unpaired) electrons. The molecule has 0 amide bonds. The van der Waals surface area contributed by atoms with Crippen LogP contribution >= 0.6 is 23.1 Å². The number of carbonyl (C=O) groups is 1. The lowest BCUT2D eigenvalue weighted by molar-refractivity contribution is -0.139. The van der Waals surface area contributed by atoms with Crippen molar-refractivity contribution >= 4 is 35.1 Å². The Labute approximate surface area is 224 Å². The van der Waals surface area contributed by atoms with Crippen LogP contribution in [-0.4, -0.2) is 36.6 Å². The number of hydrogen-bond acceptors (Lipinski definition) is 8. The van der Waals surface area contributed by atoms with E-state index >= 15 is 0 Å². The Morgan fingerprint density at radius 2 is 1.76 bits per heavy atom. The number of carbonyl (C=O) groups excluding carboxylic acids is 1. The van der Waals surface area contributed by atoms with E-state index < -0.39 is 12.0 Å². The predicted molar refractivity (Wildman–Crippen MR) is 147 cm³/mol. The third-order valence-electron chi connectivity index (χ3n) is 5.81. The third-order valence-corrected chi connectivity index (χ3v) is 7.54. The Balaban J connectivity index is 1.92. The molecule has 0 saturated carbocycles. The second kappa shape index (κ2) is 11.8. The van der Waals surface area contributed by atoms with Gasteiger partial charge in [-0.2, -0.15) is 0 Å². The van der Waals surface area contributed by atoms with E-state index in [4.69, 9.17) is 14.2 Å². The van der Waals surface area contributed by atoms with Crippen molar-refractivity contribution in [2.75, 3.05) is 26.1 Å². The summed E-state index contributed by atoms with van der Waals surface area (Å²) >= 11 is 2.96. The van der Waals surface area contributed by atoms with Crippen LogP contribution in [0.5, 0.6) is 11.5 Å². The molecule has 194 valence electrons. The molecule has 0 fully saturated rings. The third kappa shape index (κ3) is 5.52. The van der Waals surface area contributed by atoms with Gasteiger partial charge in [-0.1, -0.05) is 29.5 Å². The maximum Gasteiger partial charge on any atom is 0.338 e. The molecule has 0 spiro atoms. The average Bonchev–Trinajstić information content (AvgIpc) is 3.19. The van der Waals surface area contributed by atoms with Gasteiger partial charge in [-0.15, -0.1) is 11.8 Å². The van der Waals surface area contributed by atoms with Gasteiger partial charge in [0.1, 0.15) is 0 Å². The summed E-state index contributed by atoms with van der Waals surface area (Å²) in [6, 6.07) is 12.8. The first kappa shape index (κ1) is 26.8. The predicted octanol–water partition coefficient (Wildman–Crippen LogP) is 4.32. The number of esters is 1. The molecular formula is C28H30N2O5S2. The van der Waals surface area contributed by atoms with Crippen LogP contribution in [0, 0.1) is 0 Å². The van der Waals surface area contributed by atoms with Gasteiger partial charge in [0.25, 0.3) is 5.56 Å². The molecule has 1 aromatic heterocycles. The number of thiazole rings is 1. The van der Waals surface area contributed by atoms with Gasteiger partial charge in [-0.05, 0) is 75.4 Å². The smallest absolute Gasteiger partial charge is 0.338 e. The molecule has 1 unspecified atom stereocenters. The lowest BCUT2D eigenvalue weighted by Gasteiger charge is -2.25. The van der Waals surface area contributed by atoms with Gasteiger partial charge in [0.15, 0.2) is 16.3 Å². The van der Waals surface area contributed by atoms with Crippen LogP contribution in [0.25, 0.3) is 6.08 Å². The van der Waals surface area contributed by atoms with E-state index in [9.17, 15) is 9.59 Å². The zero-order valence-corrected chi connectivity index (χ0v) is 23.2. The Kier molecular flexibility index (Phi) is 8.56. The SMILES string of the molecule is CCOC(=O)C1=C(C)N=c2sc(=Cc3ccc(SC)cc3)c(=O)n2C1c1ccc(OCC)c(OCC)c1. The lowest BCUT2D eigenvalue weighted by atomic mass is 9.95. The van der Waals surface area contributed by atoms with Gasteiger partial charge < -0.3 is 14.2 Å². The molecule has 0 N–H and O–H groups in total. The maximum absolute atomic E-state index is 13.8. The van der Waals surface area contributed by atoms with E-state index in [1.807, 2.05) is 68.6 Å². The van der Waals surface area contributed by atoms with Crippen molar-refractivity contribution in [2.24, 2.45) is 4.99 Å². The summed E-state index contributed by atoms with van der Waals surface area (Å²) < 4.78 is 19.1. The second-order valence-corrected chi connectivity index (χ2v) is 10.0. The average molecular weight is 539 g/mol. The van der Waals surface area contributed by atoms with Crippen molar-refractivity contribution in [1.29, 1.82) is 0 Å². The minimum Gasteiger partial charge on any atom is -0.490 e. The van der Waals surface area contributed by atoms with Crippen LogP contribution in [0.4, 0.5) is 0 Å². The monoisotopic (exact) mass is 538 g/mol. The molecule has 3 aromatic rings. The number of allylic oxidation sites excluding steroid dienone is 1. The fourth-order valence-corrected chi connectivity index (χ4v) is 5.65. The van der Waals surface area contributed by atoms with Gasteiger partial charge in [0, 0.05) is 4.90 Å². The summed E-state index contributed by atoms with van der Waals surface area (Å²) in [5, 5.41) is 0. The Morgan fingerprint density at radius 1 is 1.05 bits per heavy atom. The summed E-state index contributed by atoms with van der Waals surface area (Å²) in [5.74, 6) is 0.658. The summed E-state index contributed by atoms with van der Waals surface area (Å²) in [6.45, 7) is 8.47. The van der Waals surface area contributed by atoms with Crippen molar-refractivity contribution < 1.29 is 19.0 Å². The van der Waals surface area contributed by atoms with Crippen molar-refractivity contribution in [3.05, 3.63) is 84.5 Å². The van der Waals surface area contributed by atoms with Gasteiger partial charge in [0.05, 0.1) is 41.7 Å². The fraction of sp³-hybridized carbons (Fsp3) is 0.321. The molecule has 2 aromatic carbocycles. The van der Waals surface area contributed by atoms with E-state index in [1.165, 1.54) is 11.3 Å². The molecule has 7 nitrogen and oxygen atoms in total. The van der Waals surface area contributed by atoms with E-state index in [0.29, 0.717) is 50.9 Å². The largest absolute Gasteiger partial charge is 0.490 e. The minimum absolute atomic E-state index is 0.215. The Morgan fingerprint density at radius 3 is 2.41 bits per heavy atom. The highest BCUT2D eigenvalue weighted by Crippen LogP contribution is 2.36. The van der Waals surface area contributed by atoms with Gasteiger partial charge >= 0.3 is 5.97 Å². The maximum atomic E-state index is 13.8. The zero-order valence-electron chi connectivity index (χ0n) is 21.6. The number of hydrogen-bond donors (Lipinski definition) is 0. The number of ether oxygens (including phenoxy) is 3. The molecule has 1 aliphatic rings. The minimum atomic E-state index is -0.716. The summed E-state index contributed by atoms with van der Waals surface area (Å²) in [6.07, 6.45) is 3.88. The van der Waals surface area contributed by atoms with Gasteiger partial charge in [-0.25, -0.2) is 9.79 Å². The number of nitrogens with zero attached hydrogens (tertiary/aromatic N) is 2. The van der Waals surface area contributed by atoms with E-state index in [1.54, 1.807) is 30.2 Å². The topological polar surface area (TPSA) is 79.1 Å². The van der Waals surface area contributed by atoms with Crippen molar-refractivity contribution in [3.8, 4) is 11.5 Å². The molecular weight excluding hydrogens is 508 g/mol. The first-order valence-corrected chi connectivity index (χ1v) is 14.2. The summed E-state index contributed by atoms with van der Waals surface area (Å²) in [5.41, 5.74) is 2.26. The molecule has 9 heteroatoms. The van der Waals surface area contributed by atoms with E-state index in [0.717, 1.165) is 10.5 Å². The molecule has 0 bridgehead atoms. The Hall–Kier alpha value is -3.30. The highest BCUT2D eigenvalue weighted by molar-refractivity contribution is 7.98. The molecule has 1 aliphatic heterocycles. The quantitative estimate of drug-likeness (QED) is 0.298. The van der Waals surface area contributed by atoms with Crippen LogP contribution in [0.1, 0.15) is 44.9 Å². The molecule has 37 heavy (non-hydrogen) atoms. The van der Waals surface area contributed by atoms with Crippen LogP contribution < -0.4 is 24.4 Å². The van der Waals surface area contributed by atoms with Crippen LogP contribution in [0.2, 0.25) is 0 Å². The van der Waals surface area contributed by atoms with Crippen LogP contribution in [-0.2, 0) is 9.53 Å². The number of benzene rings is 2. The highest BCUT2D eigenvalue weighted by atomic mass is 32.2. The zero-order chi connectivity index (χ0) is 26.5. The van der Waals surface area contributed by atoms with E-state index in [2.05, 4.69) is 4.99 Å². The van der Waals surface area contributed by atoms with E-state index in [-0.39, 0.29) is 12.2 Å². The molecule has 2 heterocycles. The molecule has 1 atom stereocenters. The highest BCUT2D eigenvalue weighted by Gasteiger charge is 2.34. The number of aromatic nitrogens is 1. The second-order valence-electron chi connectivity index (χ2n) is 8.15. The van der Waals surface area contributed by atoms with Gasteiger partial charge in [0.2, 0.25) is 0 Å². The van der Waals surface area contributed by atoms with Crippen molar-refractivity contribution in [1.82, 2.24) is 4.57 Å². The van der Waals surface area contributed by atoms with Crippen LogP contribution in [0.15, 0.2) is 68.4 Å². The van der Waals surface area contributed by atoms with Crippen LogP contribution in [0.3, 0.4) is 0 Å². The molecule has 4 rings (SSSR count). The Bertz CT molecular complexity index is 1500. The number of thioether (sulfide) groups is 1. The van der Waals surface area contributed by atoms with Crippen molar-refractivity contribution in [2.45, 2.75) is 38.6 Å². The standard InChI is InChI=1S/C28H30N2O5S2/c1-6-33-21-14-11-19(16-22(21)34-7-2)25-24(27(32)35-8-3)17(4)29-28-30(25)26(31)23(37-28)15-18-9-12-20(36-5)13-10-18/h9-16,25H,6-8H2,1-5H3. The molecule has 0 saturated heterocycles. The normalized spacial score (nSPS) is 15.3. The first-order valence-electron chi connectivity index (χ1n) is 12.1. The number of rotatable bonds is 9. The molecule has 0 aliphatic carbocycles.